The van der Waals surface area contributed by atoms with Gasteiger partial charge in [0, 0.05) is 47.5 Å². The first kappa shape index (κ1) is 25.8. The zero-order chi connectivity index (χ0) is 27.6. The molecule has 0 saturated carbocycles. The second-order valence-corrected chi connectivity index (χ2v) is 10.1. The van der Waals surface area contributed by atoms with E-state index < -0.39 is 5.82 Å². The van der Waals surface area contributed by atoms with Crippen molar-refractivity contribution in [2.24, 2.45) is 0 Å². The fraction of sp³-hybridized carbons (Fsp3) is 0.226. The molecule has 7 nitrogen and oxygen atoms in total. The van der Waals surface area contributed by atoms with Gasteiger partial charge >= 0.3 is 0 Å². The topological polar surface area (TPSA) is 86.4 Å². The first-order valence-electron chi connectivity index (χ1n) is 13.4. The second-order valence-electron chi connectivity index (χ2n) is 10.1. The van der Waals surface area contributed by atoms with Crippen molar-refractivity contribution in [2.45, 2.75) is 32.7 Å². The van der Waals surface area contributed by atoms with Crippen LogP contribution in [0.4, 0.5) is 8.78 Å². The van der Waals surface area contributed by atoms with E-state index in [2.05, 4.69) is 36.6 Å². The molecule has 0 bridgehead atoms. The van der Waals surface area contributed by atoms with Gasteiger partial charge in [0.2, 0.25) is 0 Å². The maximum absolute atomic E-state index is 16.2. The van der Waals surface area contributed by atoms with Crippen LogP contribution in [0.1, 0.15) is 41.8 Å². The first-order chi connectivity index (χ1) is 19.5. The molecule has 6 rings (SSSR count). The van der Waals surface area contributed by atoms with Gasteiger partial charge in [-0.2, -0.15) is 5.10 Å². The summed E-state index contributed by atoms with van der Waals surface area (Å²) < 4.78 is 30.2. The molecule has 2 N–H and O–H groups in total. The van der Waals surface area contributed by atoms with E-state index in [0.29, 0.717) is 39.5 Å². The molecule has 1 aliphatic rings. The van der Waals surface area contributed by atoms with Crippen LogP contribution in [0.5, 0.6) is 0 Å². The maximum atomic E-state index is 16.2. The van der Waals surface area contributed by atoms with Crippen LogP contribution in [0, 0.1) is 18.6 Å². The molecule has 9 heteroatoms. The molecular weight excluding hydrogens is 508 g/mol. The summed E-state index contributed by atoms with van der Waals surface area (Å²) in [5.41, 5.74) is 5.35. The number of nitrogens with one attached hydrogen (secondary N) is 2. The SMILES string of the molecule is C=C/C=C(/c1cccc(F)c1)c1nc(-c2[nH]nc3ncc(-c4cncc(CN5CCCCC5)c4)c(F)c23)[nH]c1C. The number of likely N-dealkylation sites (tertiary alicyclic amines) is 1. The maximum Gasteiger partial charge on any atom is 0.184 e. The third-order valence-corrected chi connectivity index (χ3v) is 7.28. The number of piperidine rings is 1. The number of aryl methyl sites for hydroxylation is 1. The van der Waals surface area contributed by atoms with Crippen LogP contribution in [-0.2, 0) is 6.54 Å². The minimum atomic E-state index is -0.451. The lowest BCUT2D eigenvalue weighted by Gasteiger charge is -2.26. The average Bonchev–Trinajstić information content (AvgIpc) is 3.56. The minimum absolute atomic E-state index is 0.235. The van der Waals surface area contributed by atoms with E-state index in [1.165, 1.54) is 37.6 Å². The Morgan fingerprint density at radius 3 is 2.75 bits per heavy atom. The van der Waals surface area contributed by atoms with Gasteiger partial charge in [0.25, 0.3) is 0 Å². The summed E-state index contributed by atoms with van der Waals surface area (Å²) in [5, 5.41) is 7.38. The van der Waals surface area contributed by atoms with Crippen molar-refractivity contribution in [1.82, 2.24) is 35.0 Å². The Morgan fingerprint density at radius 1 is 1.10 bits per heavy atom. The zero-order valence-corrected chi connectivity index (χ0v) is 22.2. The summed E-state index contributed by atoms with van der Waals surface area (Å²) in [6.07, 6.45) is 12.1. The highest BCUT2D eigenvalue weighted by molar-refractivity contribution is 5.93. The predicted molar refractivity (Wildman–Crippen MR) is 152 cm³/mol. The highest BCUT2D eigenvalue weighted by atomic mass is 19.1. The van der Waals surface area contributed by atoms with Crippen molar-refractivity contribution in [2.75, 3.05) is 13.1 Å². The second kappa shape index (κ2) is 10.9. The molecule has 5 aromatic rings. The summed E-state index contributed by atoms with van der Waals surface area (Å²) in [6.45, 7) is 8.58. The molecule has 1 aliphatic heterocycles. The molecule has 4 aromatic heterocycles. The molecule has 0 spiro atoms. The summed E-state index contributed by atoms with van der Waals surface area (Å²) in [6, 6.07) is 8.26. The largest absolute Gasteiger partial charge is 0.340 e. The van der Waals surface area contributed by atoms with Gasteiger partial charge in [0.1, 0.15) is 17.3 Å². The quantitative estimate of drug-likeness (QED) is 0.229. The molecule has 1 aromatic carbocycles. The van der Waals surface area contributed by atoms with Crippen LogP contribution in [0.3, 0.4) is 0 Å². The van der Waals surface area contributed by atoms with E-state index in [4.69, 9.17) is 4.98 Å². The zero-order valence-electron chi connectivity index (χ0n) is 22.2. The molecule has 5 heterocycles. The van der Waals surface area contributed by atoms with Crippen molar-refractivity contribution in [3.05, 3.63) is 102 Å². The van der Waals surface area contributed by atoms with Gasteiger partial charge in [-0.05, 0) is 62.2 Å². The van der Waals surface area contributed by atoms with E-state index in [1.807, 2.05) is 19.2 Å². The molecule has 1 fully saturated rings. The van der Waals surface area contributed by atoms with E-state index in [1.54, 1.807) is 30.5 Å². The molecule has 0 unspecified atom stereocenters. The van der Waals surface area contributed by atoms with Crippen molar-refractivity contribution < 1.29 is 8.78 Å². The number of halogens is 2. The highest BCUT2D eigenvalue weighted by Gasteiger charge is 2.22. The Morgan fingerprint density at radius 2 is 1.95 bits per heavy atom. The van der Waals surface area contributed by atoms with Crippen molar-refractivity contribution >= 4 is 16.6 Å². The number of pyridine rings is 2. The number of imidazole rings is 1. The number of fused-ring (bicyclic) bond motifs is 1. The molecule has 0 amide bonds. The summed E-state index contributed by atoms with van der Waals surface area (Å²) in [5.74, 6) is -0.403. The Balaban J connectivity index is 1.38. The molecular formula is C31H29F2N7. The van der Waals surface area contributed by atoms with Crippen LogP contribution in [0.25, 0.3) is 39.3 Å². The van der Waals surface area contributed by atoms with Gasteiger partial charge in [-0.15, -0.1) is 0 Å². The Hall–Kier alpha value is -4.50. The monoisotopic (exact) mass is 537 g/mol. The van der Waals surface area contributed by atoms with Crippen molar-refractivity contribution in [3.8, 4) is 22.6 Å². The number of nitrogens with zero attached hydrogens (tertiary/aromatic N) is 5. The lowest BCUT2D eigenvalue weighted by molar-refractivity contribution is 0.220. The van der Waals surface area contributed by atoms with Crippen LogP contribution >= 0.6 is 0 Å². The molecule has 202 valence electrons. The van der Waals surface area contributed by atoms with Crippen LogP contribution in [-0.4, -0.2) is 48.1 Å². The Kier molecular flexibility index (Phi) is 7.04. The number of rotatable bonds is 7. The summed E-state index contributed by atoms with van der Waals surface area (Å²) in [4.78, 5) is 19.3. The first-order valence-corrected chi connectivity index (χ1v) is 13.4. The smallest absolute Gasteiger partial charge is 0.184 e. The molecule has 40 heavy (non-hydrogen) atoms. The fourth-order valence-electron chi connectivity index (χ4n) is 5.35. The lowest BCUT2D eigenvalue weighted by atomic mass is 10.0. The fourth-order valence-corrected chi connectivity index (χ4v) is 5.35. The van der Waals surface area contributed by atoms with Gasteiger partial charge in [-0.1, -0.05) is 37.3 Å². The predicted octanol–water partition coefficient (Wildman–Crippen LogP) is 6.60. The minimum Gasteiger partial charge on any atom is -0.340 e. The number of aromatic nitrogens is 6. The third-order valence-electron chi connectivity index (χ3n) is 7.28. The van der Waals surface area contributed by atoms with Crippen molar-refractivity contribution in [3.63, 3.8) is 0 Å². The van der Waals surface area contributed by atoms with Crippen LogP contribution in [0.15, 0.2) is 67.7 Å². The number of allylic oxidation sites excluding steroid dienone is 2. The standard InChI is InChI=1S/C31H29F2N7/c1-3-8-24(21-9-7-10-23(32)14-21)28-19(2)36-31(37-28)29-26-27(33)25(17-35-30(26)39-38-29)22-13-20(15-34-16-22)18-40-11-5-4-6-12-40/h3,7-10,13-17H,1,4-6,11-12,18H2,2H3,(H,36,37)(H,35,38,39)/b24-8-. The number of benzene rings is 1. The number of H-pyrrole nitrogens is 2. The van der Waals surface area contributed by atoms with Gasteiger partial charge in [0.15, 0.2) is 11.5 Å². The van der Waals surface area contributed by atoms with Gasteiger partial charge in [-0.3, -0.25) is 15.0 Å². The number of hydrogen-bond donors (Lipinski definition) is 2. The number of hydrogen-bond acceptors (Lipinski definition) is 5. The average molecular weight is 538 g/mol. The third kappa shape index (κ3) is 4.96. The molecule has 0 aliphatic carbocycles. The lowest BCUT2D eigenvalue weighted by Crippen LogP contribution is -2.29. The van der Waals surface area contributed by atoms with Crippen LogP contribution < -0.4 is 0 Å². The van der Waals surface area contributed by atoms with Crippen LogP contribution in [0.2, 0.25) is 0 Å². The molecule has 1 saturated heterocycles. The summed E-state index contributed by atoms with van der Waals surface area (Å²) in [7, 11) is 0. The van der Waals surface area contributed by atoms with E-state index in [9.17, 15) is 4.39 Å². The van der Waals surface area contributed by atoms with E-state index in [0.717, 1.165) is 30.9 Å². The van der Waals surface area contributed by atoms with Gasteiger partial charge in [0.05, 0.1) is 11.1 Å². The molecule has 0 radical (unpaired) electrons. The Bertz CT molecular complexity index is 1730. The van der Waals surface area contributed by atoms with Gasteiger partial charge < -0.3 is 4.98 Å². The van der Waals surface area contributed by atoms with Gasteiger partial charge in [-0.25, -0.2) is 18.7 Å². The highest BCUT2D eigenvalue weighted by Crippen LogP contribution is 2.34. The number of aromatic amines is 2. The Labute approximate surface area is 230 Å². The van der Waals surface area contributed by atoms with Crippen molar-refractivity contribution in [1.29, 1.82) is 0 Å². The van der Waals surface area contributed by atoms with E-state index >= 15 is 4.39 Å². The normalized spacial score (nSPS) is 14.6. The summed E-state index contributed by atoms with van der Waals surface area (Å²) >= 11 is 0. The van der Waals surface area contributed by atoms with E-state index in [-0.39, 0.29) is 16.9 Å². The molecule has 0 atom stereocenters.